The third-order valence-corrected chi connectivity index (χ3v) is 3.25. The average Bonchev–Trinajstić information content (AvgIpc) is 2.89. The van der Waals surface area contributed by atoms with Crippen LogP contribution in [0.15, 0.2) is 45.9 Å². The van der Waals surface area contributed by atoms with Gasteiger partial charge in [-0.05, 0) is 17.7 Å². The number of amides is 1. The molecule has 1 fully saturated rings. The van der Waals surface area contributed by atoms with Gasteiger partial charge >= 0.3 is 5.76 Å². The summed E-state index contributed by atoms with van der Waals surface area (Å²) in [6.07, 6.45) is 2.92. The van der Waals surface area contributed by atoms with Crippen LogP contribution in [0.4, 0.5) is 0 Å². The summed E-state index contributed by atoms with van der Waals surface area (Å²) in [6.45, 7) is 1.90. The average molecular weight is 274 g/mol. The van der Waals surface area contributed by atoms with Gasteiger partial charge in [-0.25, -0.2) is 9.36 Å². The van der Waals surface area contributed by atoms with Crippen molar-refractivity contribution in [3.8, 4) is 5.69 Å². The normalized spacial score (nSPS) is 15.6. The number of morpholine rings is 1. The van der Waals surface area contributed by atoms with Crippen LogP contribution < -0.4 is 5.76 Å². The quantitative estimate of drug-likeness (QED) is 0.830. The van der Waals surface area contributed by atoms with Crippen molar-refractivity contribution in [2.24, 2.45) is 0 Å². The van der Waals surface area contributed by atoms with E-state index in [4.69, 9.17) is 9.15 Å². The summed E-state index contributed by atoms with van der Waals surface area (Å²) < 4.78 is 11.2. The fourth-order valence-corrected chi connectivity index (χ4v) is 2.16. The lowest BCUT2D eigenvalue weighted by atomic mass is 10.2. The Labute approximate surface area is 115 Å². The van der Waals surface area contributed by atoms with Crippen molar-refractivity contribution in [1.82, 2.24) is 9.47 Å². The first-order valence-electron chi connectivity index (χ1n) is 6.35. The van der Waals surface area contributed by atoms with E-state index < -0.39 is 5.76 Å². The Morgan fingerprint density at radius 2 is 1.95 bits per heavy atom. The minimum Gasteiger partial charge on any atom is -0.416 e. The van der Waals surface area contributed by atoms with Gasteiger partial charge in [-0.15, -0.1) is 0 Å². The van der Waals surface area contributed by atoms with Crippen molar-refractivity contribution in [3.05, 3.63) is 52.8 Å². The Kier molecular flexibility index (Phi) is 3.39. The highest BCUT2D eigenvalue weighted by molar-refractivity contribution is 5.78. The van der Waals surface area contributed by atoms with Crippen LogP contribution in [-0.4, -0.2) is 35.1 Å². The SMILES string of the molecule is O=C1COCCN1Cc1ccc(-n2ccoc2=O)cc1. The van der Waals surface area contributed by atoms with Gasteiger partial charge in [-0.3, -0.25) is 4.79 Å². The summed E-state index contributed by atoms with van der Waals surface area (Å²) in [5, 5.41) is 0. The molecule has 0 radical (unpaired) electrons. The van der Waals surface area contributed by atoms with E-state index in [9.17, 15) is 9.59 Å². The number of benzene rings is 1. The van der Waals surface area contributed by atoms with E-state index >= 15 is 0 Å². The van der Waals surface area contributed by atoms with Crippen LogP contribution in [0.25, 0.3) is 5.69 Å². The zero-order valence-corrected chi connectivity index (χ0v) is 10.8. The summed E-state index contributed by atoms with van der Waals surface area (Å²) in [5.41, 5.74) is 1.75. The predicted molar refractivity (Wildman–Crippen MR) is 70.5 cm³/mol. The zero-order chi connectivity index (χ0) is 13.9. The van der Waals surface area contributed by atoms with Gasteiger partial charge in [0.15, 0.2) is 0 Å². The van der Waals surface area contributed by atoms with E-state index in [0.29, 0.717) is 19.7 Å². The van der Waals surface area contributed by atoms with Gasteiger partial charge in [-0.2, -0.15) is 0 Å². The van der Waals surface area contributed by atoms with Crippen LogP contribution in [0.5, 0.6) is 0 Å². The number of carbonyl (C=O) groups excluding carboxylic acids is 1. The summed E-state index contributed by atoms with van der Waals surface area (Å²) >= 11 is 0. The molecule has 3 rings (SSSR count). The van der Waals surface area contributed by atoms with Crippen molar-refractivity contribution in [2.45, 2.75) is 6.54 Å². The number of rotatable bonds is 3. The fourth-order valence-electron chi connectivity index (χ4n) is 2.16. The number of nitrogens with zero attached hydrogens (tertiary/aromatic N) is 2. The minimum atomic E-state index is -0.416. The van der Waals surface area contributed by atoms with Crippen LogP contribution in [-0.2, 0) is 16.1 Å². The smallest absolute Gasteiger partial charge is 0.416 e. The molecule has 104 valence electrons. The first-order chi connectivity index (χ1) is 9.74. The molecule has 1 aromatic heterocycles. The first-order valence-corrected chi connectivity index (χ1v) is 6.35. The first kappa shape index (κ1) is 12.7. The maximum absolute atomic E-state index is 11.6. The van der Waals surface area contributed by atoms with Gasteiger partial charge in [0, 0.05) is 13.1 Å². The number of ether oxygens (including phenoxy) is 1. The lowest BCUT2D eigenvalue weighted by Gasteiger charge is -2.26. The Morgan fingerprint density at radius 1 is 1.15 bits per heavy atom. The van der Waals surface area contributed by atoms with Crippen LogP contribution in [0.2, 0.25) is 0 Å². The third kappa shape index (κ3) is 2.50. The van der Waals surface area contributed by atoms with E-state index in [1.807, 2.05) is 24.3 Å². The summed E-state index contributed by atoms with van der Waals surface area (Å²) in [4.78, 5) is 24.8. The molecule has 0 unspecified atom stereocenters. The molecular formula is C14H14N2O4. The molecule has 0 aliphatic carbocycles. The summed E-state index contributed by atoms with van der Waals surface area (Å²) in [7, 11) is 0. The van der Waals surface area contributed by atoms with Gasteiger partial charge in [0.1, 0.15) is 12.9 Å². The standard InChI is InChI=1S/C14H14N2O4/c17-13-10-19-7-5-15(13)9-11-1-3-12(4-2-11)16-6-8-20-14(16)18/h1-4,6,8H,5,7,9-10H2. The molecule has 1 amide bonds. The highest BCUT2D eigenvalue weighted by atomic mass is 16.5. The molecule has 1 aromatic carbocycles. The fraction of sp³-hybridized carbons (Fsp3) is 0.286. The van der Waals surface area contributed by atoms with Gasteiger partial charge in [-0.1, -0.05) is 12.1 Å². The molecule has 2 heterocycles. The van der Waals surface area contributed by atoms with Crippen molar-refractivity contribution >= 4 is 5.91 Å². The van der Waals surface area contributed by atoms with E-state index in [1.165, 1.54) is 10.8 Å². The van der Waals surface area contributed by atoms with Crippen molar-refractivity contribution in [2.75, 3.05) is 19.8 Å². The third-order valence-electron chi connectivity index (χ3n) is 3.25. The van der Waals surface area contributed by atoms with Gasteiger partial charge in [0.05, 0.1) is 18.5 Å². The largest absolute Gasteiger partial charge is 0.423 e. The van der Waals surface area contributed by atoms with E-state index in [0.717, 1.165) is 11.3 Å². The van der Waals surface area contributed by atoms with Crippen LogP contribution in [0, 0.1) is 0 Å². The maximum atomic E-state index is 11.6. The van der Waals surface area contributed by atoms with Crippen LogP contribution >= 0.6 is 0 Å². The lowest BCUT2D eigenvalue weighted by molar-refractivity contribution is -0.143. The van der Waals surface area contributed by atoms with E-state index in [-0.39, 0.29) is 12.5 Å². The van der Waals surface area contributed by atoms with Crippen LogP contribution in [0.1, 0.15) is 5.56 Å². The second-order valence-electron chi connectivity index (χ2n) is 4.57. The Hall–Kier alpha value is -2.34. The maximum Gasteiger partial charge on any atom is 0.423 e. The zero-order valence-electron chi connectivity index (χ0n) is 10.8. The lowest BCUT2D eigenvalue weighted by Crippen LogP contribution is -2.40. The van der Waals surface area contributed by atoms with E-state index in [1.54, 1.807) is 11.1 Å². The molecule has 0 spiro atoms. The number of oxazole rings is 1. The molecule has 20 heavy (non-hydrogen) atoms. The molecule has 0 N–H and O–H groups in total. The number of carbonyl (C=O) groups is 1. The number of hydrogen-bond acceptors (Lipinski definition) is 4. The van der Waals surface area contributed by atoms with E-state index in [2.05, 4.69) is 0 Å². The number of hydrogen-bond donors (Lipinski definition) is 0. The van der Waals surface area contributed by atoms with Crippen molar-refractivity contribution in [3.63, 3.8) is 0 Å². The molecule has 6 heteroatoms. The highest BCUT2D eigenvalue weighted by Gasteiger charge is 2.18. The molecular weight excluding hydrogens is 260 g/mol. The molecule has 0 atom stereocenters. The van der Waals surface area contributed by atoms with Crippen molar-refractivity contribution in [1.29, 1.82) is 0 Å². The molecule has 1 saturated heterocycles. The van der Waals surface area contributed by atoms with Gasteiger partial charge in [0.2, 0.25) is 5.91 Å². The van der Waals surface area contributed by atoms with Crippen molar-refractivity contribution < 1.29 is 13.9 Å². The summed E-state index contributed by atoms with van der Waals surface area (Å²) in [5.74, 6) is -0.410. The second-order valence-corrected chi connectivity index (χ2v) is 4.57. The van der Waals surface area contributed by atoms with Gasteiger partial charge < -0.3 is 14.1 Å². The second kappa shape index (κ2) is 5.34. The van der Waals surface area contributed by atoms with Gasteiger partial charge in [0.25, 0.3) is 0 Å². The Balaban J connectivity index is 1.75. The monoisotopic (exact) mass is 274 g/mol. The number of aromatic nitrogens is 1. The molecule has 1 aliphatic heterocycles. The molecule has 6 nitrogen and oxygen atoms in total. The molecule has 1 aliphatic rings. The summed E-state index contributed by atoms with van der Waals surface area (Å²) in [6, 6.07) is 7.46. The topological polar surface area (TPSA) is 64.7 Å². The molecule has 2 aromatic rings. The highest BCUT2D eigenvalue weighted by Crippen LogP contribution is 2.11. The Morgan fingerprint density at radius 3 is 2.60 bits per heavy atom. The minimum absolute atomic E-state index is 0.00591. The predicted octanol–water partition coefficient (Wildman–Crippen LogP) is 0.789. The Bertz CT molecular complexity index is 656. The molecule has 0 bridgehead atoms. The van der Waals surface area contributed by atoms with Crippen LogP contribution in [0.3, 0.4) is 0 Å². The molecule has 0 saturated carbocycles.